The molecule has 8 nitrogen and oxygen atoms in total. The lowest BCUT2D eigenvalue weighted by Crippen LogP contribution is -2.15. The summed E-state index contributed by atoms with van der Waals surface area (Å²) < 4.78 is 23.5. The first-order valence-corrected chi connectivity index (χ1v) is 8.96. The molecular weight excluding hydrogens is 403 g/mol. The summed E-state index contributed by atoms with van der Waals surface area (Å²) in [4.78, 5) is 35.0. The molecule has 0 aliphatic heterocycles. The van der Waals surface area contributed by atoms with E-state index in [2.05, 4.69) is 5.32 Å². The summed E-state index contributed by atoms with van der Waals surface area (Å²) in [5, 5.41) is 15.3. The van der Waals surface area contributed by atoms with Gasteiger partial charge in [0.2, 0.25) is 5.75 Å². The van der Waals surface area contributed by atoms with Crippen molar-refractivity contribution in [3.05, 3.63) is 80.3 Å². The highest BCUT2D eigenvalue weighted by atomic mass is 32.1. The minimum atomic E-state index is -0.785. The number of esters is 1. The molecule has 0 radical (unpaired) electrons. The number of methoxy groups -OCH3 is 1. The number of carbonyl (C=O) groups is 2. The first-order chi connectivity index (χ1) is 13.9. The first-order valence-electron chi connectivity index (χ1n) is 8.08. The fourth-order valence-corrected chi connectivity index (χ4v) is 3.15. The Bertz CT molecular complexity index is 1100. The monoisotopic (exact) mass is 416 g/mol. The van der Waals surface area contributed by atoms with Gasteiger partial charge in [-0.1, -0.05) is 12.1 Å². The van der Waals surface area contributed by atoms with E-state index in [1.807, 2.05) is 0 Å². The van der Waals surface area contributed by atoms with E-state index >= 15 is 0 Å². The van der Waals surface area contributed by atoms with Gasteiger partial charge in [0.15, 0.2) is 5.75 Å². The maximum atomic E-state index is 13.3. The maximum Gasteiger partial charge on any atom is 0.339 e. The molecule has 1 aromatic heterocycles. The third kappa shape index (κ3) is 4.38. The Hall–Kier alpha value is -3.79. The van der Waals surface area contributed by atoms with Crippen molar-refractivity contribution in [2.45, 2.75) is 0 Å². The Balaban J connectivity index is 1.87. The van der Waals surface area contributed by atoms with Crippen LogP contribution < -0.4 is 10.1 Å². The lowest BCUT2D eigenvalue weighted by Gasteiger charge is -2.10. The highest BCUT2D eigenvalue weighted by Gasteiger charge is 2.22. The molecule has 3 aromatic rings. The van der Waals surface area contributed by atoms with Crippen LogP contribution in [0, 0.1) is 15.9 Å². The SMILES string of the molecule is COC(=O)c1ccccc1NC(=O)c1sccc1Oc1ccc(F)cc1[N+](=O)[O-]. The van der Waals surface area contributed by atoms with Gasteiger partial charge in [-0.25, -0.2) is 9.18 Å². The van der Waals surface area contributed by atoms with Crippen LogP contribution >= 0.6 is 11.3 Å². The number of amides is 1. The van der Waals surface area contributed by atoms with Crippen LogP contribution in [0.25, 0.3) is 0 Å². The number of ether oxygens (including phenoxy) is 2. The summed E-state index contributed by atoms with van der Waals surface area (Å²) in [7, 11) is 1.22. The Morgan fingerprint density at radius 2 is 1.90 bits per heavy atom. The van der Waals surface area contributed by atoms with E-state index in [-0.39, 0.29) is 27.6 Å². The molecule has 0 aliphatic carbocycles. The third-order valence-electron chi connectivity index (χ3n) is 3.75. The van der Waals surface area contributed by atoms with Gasteiger partial charge in [0.1, 0.15) is 10.7 Å². The standard InChI is InChI=1S/C19H13FN2O6S/c1-27-19(24)12-4-2-3-5-13(12)21-18(23)17-16(8-9-29-17)28-15-7-6-11(20)10-14(15)22(25)26/h2-10H,1H3,(H,21,23). The van der Waals surface area contributed by atoms with E-state index in [4.69, 9.17) is 9.47 Å². The highest BCUT2D eigenvalue weighted by molar-refractivity contribution is 7.12. The largest absolute Gasteiger partial charge is 0.465 e. The molecule has 2 aromatic carbocycles. The van der Waals surface area contributed by atoms with Gasteiger partial charge < -0.3 is 14.8 Å². The summed E-state index contributed by atoms with van der Waals surface area (Å²) in [5.41, 5.74) is -0.174. The number of hydrogen-bond donors (Lipinski definition) is 1. The van der Waals surface area contributed by atoms with E-state index in [9.17, 15) is 24.1 Å². The van der Waals surface area contributed by atoms with Crippen molar-refractivity contribution in [3.8, 4) is 11.5 Å². The number of halogens is 1. The van der Waals surface area contributed by atoms with Crippen molar-refractivity contribution in [2.75, 3.05) is 12.4 Å². The van der Waals surface area contributed by atoms with E-state index in [1.165, 1.54) is 25.3 Å². The van der Waals surface area contributed by atoms with Crippen LogP contribution in [-0.4, -0.2) is 23.9 Å². The summed E-state index contributed by atoms with van der Waals surface area (Å²) in [6.45, 7) is 0. The van der Waals surface area contributed by atoms with Crippen molar-refractivity contribution >= 4 is 34.6 Å². The second kappa shape index (κ2) is 8.48. The van der Waals surface area contributed by atoms with Crippen molar-refractivity contribution < 1.29 is 28.4 Å². The molecule has 1 N–H and O–H groups in total. The molecule has 0 atom stereocenters. The van der Waals surface area contributed by atoms with Gasteiger partial charge in [0, 0.05) is 0 Å². The predicted molar refractivity (Wildman–Crippen MR) is 103 cm³/mol. The lowest BCUT2D eigenvalue weighted by molar-refractivity contribution is -0.385. The molecule has 10 heteroatoms. The molecule has 0 saturated heterocycles. The Morgan fingerprint density at radius 1 is 1.14 bits per heavy atom. The fraction of sp³-hybridized carbons (Fsp3) is 0.0526. The molecule has 1 amide bonds. The number of nitro groups is 1. The van der Waals surface area contributed by atoms with Gasteiger partial charge >= 0.3 is 11.7 Å². The van der Waals surface area contributed by atoms with Gasteiger partial charge in [-0.15, -0.1) is 11.3 Å². The molecule has 0 fully saturated rings. The van der Waals surface area contributed by atoms with Crippen LogP contribution in [0.2, 0.25) is 0 Å². The van der Waals surface area contributed by atoms with Gasteiger partial charge in [-0.2, -0.15) is 0 Å². The van der Waals surface area contributed by atoms with Crippen LogP contribution in [0.1, 0.15) is 20.0 Å². The Labute approximate surface area is 167 Å². The average Bonchev–Trinajstić information content (AvgIpc) is 3.17. The van der Waals surface area contributed by atoms with Gasteiger partial charge in [-0.3, -0.25) is 14.9 Å². The molecule has 0 spiro atoms. The fourth-order valence-electron chi connectivity index (χ4n) is 2.44. The van der Waals surface area contributed by atoms with Crippen molar-refractivity contribution in [1.29, 1.82) is 0 Å². The zero-order valence-corrected chi connectivity index (χ0v) is 15.7. The number of nitro benzene ring substituents is 1. The maximum absolute atomic E-state index is 13.3. The van der Waals surface area contributed by atoms with Crippen molar-refractivity contribution in [3.63, 3.8) is 0 Å². The number of hydrogen-bond acceptors (Lipinski definition) is 7. The molecule has 29 heavy (non-hydrogen) atoms. The number of nitrogens with zero attached hydrogens (tertiary/aromatic N) is 1. The topological polar surface area (TPSA) is 108 Å². The van der Waals surface area contributed by atoms with Crippen LogP contribution in [-0.2, 0) is 4.74 Å². The average molecular weight is 416 g/mol. The number of nitrogens with one attached hydrogen (secondary N) is 1. The number of anilines is 1. The van der Waals surface area contributed by atoms with Crippen LogP contribution in [0.15, 0.2) is 53.9 Å². The Kier molecular flexibility index (Phi) is 5.84. The molecule has 148 valence electrons. The molecule has 1 heterocycles. The second-order valence-corrected chi connectivity index (χ2v) is 6.49. The molecule has 0 unspecified atom stereocenters. The van der Waals surface area contributed by atoms with E-state index in [0.29, 0.717) is 0 Å². The predicted octanol–water partition coefficient (Wildman–Crippen LogP) is 4.63. The normalized spacial score (nSPS) is 10.3. The summed E-state index contributed by atoms with van der Waals surface area (Å²) in [6.07, 6.45) is 0. The van der Waals surface area contributed by atoms with E-state index in [1.54, 1.807) is 17.5 Å². The zero-order valence-electron chi connectivity index (χ0n) is 14.9. The zero-order chi connectivity index (χ0) is 21.0. The van der Waals surface area contributed by atoms with Gasteiger partial charge in [0.25, 0.3) is 5.91 Å². The van der Waals surface area contributed by atoms with Gasteiger partial charge in [0.05, 0.1) is 29.4 Å². The lowest BCUT2D eigenvalue weighted by atomic mass is 10.2. The smallest absolute Gasteiger partial charge is 0.339 e. The number of carbonyl (C=O) groups excluding carboxylic acids is 2. The van der Waals surface area contributed by atoms with Crippen molar-refractivity contribution in [2.24, 2.45) is 0 Å². The molecule has 0 bridgehead atoms. The quantitative estimate of drug-likeness (QED) is 0.357. The summed E-state index contributed by atoms with van der Waals surface area (Å²) in [6, 6.07) is 10.6. The van der Waals surface area contributed by atoms with Crippen LogP contribution in [0.5, 0.6) is 11.5 Å². The van der Waals surface area contributed by atoms with Gasteiger partial charge in [-0.05, 0) is 35.7 Å². The van der Waals surface area contributed by atoms with Crippen LogP contribution in [0.3, 0.4) is 0 Å². The molecular formula is C19H13FN2O6S. The van der Waals surface area contributed by atoms with Crippen LogP contribution in [0.4, 0.5) is 15.8 Å². The highest BCUT2D eigenvalue weighted by Crippen LogP contribution is 2.36. The Morgan fingerprint density at radius 3 is 2.62 bits per heavy atom. The molecule has 0 saturated carbocycles. The number of thiophene rings is 1. The first kappa shape index (κ1) is 20.0. The summed E-state index contributed by atoms with van der Waals surface area (Å²) >= 11 is 1.04. The molecule has 0 aliphatic rings. The summed E-state index contributed by atoms with van der Waals surface area (Å²) in [5.74, 6) is -2.15. The number of rotatable bonds is 6. The van der Waals surface area contributed by atoms with E-state index in [0.717, 1.165) is 29.5 Å². The minimum Gasteiger partial charge on any atom is -0.465 e. The minimum absolute atomic E-state index is 0.0535. The van der Waals surface area contributed by atoms with Crippen molar-refractivity contribution in [1.82, 2.24) is 0 Å². The number of para-hydroxylation sites is 1. The second-order valence-electron chi connectivity index (χ2n) is 5.58. The third-order valence-corrected chi connectivity index (χ3v) is 4.65. The van der Waals surface area contributed by atoms with E-state index < -0.39 is 28.3 Å². The molecule has 3 rings (SSSR count). The number of benzene rings is 2.